The maximum absolute atomic E-state index is 12.0. The normalized spacial score (nSPS) is 15.5. The highest BCUT2D eigenvalue weighted by Crippen LogP contribution is 2.24. The summed E-state index contributed by atoms with van der Waals surface area (Å²) in [5.74, 6) is 0. The average Bonchev–Trinajstić information content (AvgIpc) is 2.27. The van der Waals surface area contributed by atoms with Crippen molar-refractivity contribution in [3.05, 3.63) is 16.9 Å². The van der Waals surface area contributed by atoms with Gasteiger partial charge in [0.2, 0.25) is 0 Å². The third kappa shape index (κ3) is 4.28. The van der Waals surface area contributed by atoms with Gasteiger partial charge < -0.3 is 4.55 Å². The molecule has 0 aliphatic rings. The van der Waals surface area contributed by atoms with E-state index in [1.54, 1.807) is 6.20 Å². The molecule has 1 rings (SSSR count). The van der Waals surface area contributed by atoms with E-state index in [1.807, 2.05) is 34.0 Å². The predicted molar refractivity (Wildman–Crippen MR) is 78.3 cm³/mol. The van der Waals surface area contributed by atoms with E-state index in [2.05, 4.69) is 14.7 Å². The van der Waals surface area contributed by atoms with Crippen LogP contribution in [0.3, 0.4) is 0 Å². The molecule has 4 nitrogen and oxygen atoms in total. The summed E-state index contributed by atoms with van der Waals surface area (Å²) >= 11 is 6.38. The van der Waals surface area contributed by atoms with Crippen LogP contribution in [0.5, 0.6) is 0 Å². The quantitative estimate of drug-likeness (QED) is 0.401. The molecule has 0 radical (unpaired) electrons. The Labute approximate surface area is 121 Å². The lowest BCUT2D eigenvalue weighted by Gasteiger charge is -2.26. The molecule has 0 saturated carbocycles. The van der Waals surface area contributed by atoms with Crippen molar-refractivity contribution in [2.45, 2.75) is 43.6 Å². The topological polar surface area (TPSA) is 60.9 Å². The van der Waals surface area contributed by atoms with E-state index < -0.39 is 11.4 Å². The van der Waals surface area contributed by atoms with Crippen molar-refractivity contribution in [2.24, 2.45) is 0 Å². The van der Waals surface area contributed by atoms with Gasteiger partial charge in [-0.2, -0.15) is 0 Å². The Morgan fingerprint density at radius 1 is 1.50 bits per heavy atom. The van der Waals surface area contributed by atoms with Crippen LogP contribution in [-0.2, 0) is 11.4 Å². The van der Waals surface area contributed by atoms with Gasteiger partial charge in [-0.25, -0.2) is 9.97 Å². The third-order valence-corrected chi connectivity index (χ3v) is 4.78. The number of hydrogen-bond donors (Lipinski definition) is 1. The molecule has 0 aromatic carbocycles. The van der Waals surface area contributed by atoms with Crippen molar-refractivity contribution in [1.29, 1.82) is 0 Å². The molecule has 0 aliphatic heterocycles. The number of nitrogens with one attached hydrogen (secondary N) is 1. The first-order valence-electron chi connectivity index (χ1n) is 5.50. The number of halogens is 1. The molecule has 1 heterocycles. The highest BCUT2D eigenvalue weighted by Gasteiger charge is 2.29. The van der Waals surface area contributed by atoms with E-state index in [0.29, 0.717) is 10.3 Å². The van der Waals surface area contributed by atoms with Gasteiger partial charge in [0.25, 0.3) is 0 Å². The summed E-state index contributed by atoms with van der Waals surface area (Å²) in [5, 5.41) is 1.04. The van der Waals surface area contributed by atoms with Crippen molar-refractivity contribution in [3.63, 3.8) is 0 Å². The standard InChI is InChI=1S/C11H18ClN3OS2/c1-7(15-18(16)11(2,3)4)8-6-13-10(17-5)14-9(8)12/h6-7,15H,1-5H3/t7-,18?/m0/s1. The lowest BCUT2D eigenvalue weighted by molar-refractivity contribution is 0.530. The van der Waals surface area contributed by atoms with Crippen molar-refractivity contribution < 1.29 is 4.55 Å². The molecule has 102 valence electrons. The number of nitrogens with zero attached hydrogens (tertiary/aromatic N) is 2. The summed E-state index contributed by atoms with van der Waals surface area (Å²) in [4.78, 5) is 8.34. The van der Waals surface area contributed by atoms with E-state index in [9.17, 15) is 4.55 Å². The van der Waals surface area contributed by atoms with Crippen LogP contribution in [0.25, 0.3) is 0 Å². The molecular formula is C11H18ClN3OS2. The van der Waals surface area contributed by atoms with Crippen LogP contribution in [0.1, 0.15) is 39.3 Å². The second-order valence-corrected chi connectivity index (χ2v) is 7.95. The van der Waals surface area contributed by atoms with E-state index >= 15 is 0 Å². The van der Waals surface area contributed by atoms with Gasteiger partial charge >= 0.3 is 0 Å². The Morgan fingerprint density at radius 3 is 2.56 bits per heavy atom. The fourth-order valence-electron chi connectivity index (χ4n) is 1.15. The fraction of sp³-hybridized carbons (Fsp3) is 0.636. The minimum absolute atomic E-state index is 0.159. The van der Waals surface area contributed by atoms with E-state index in [4.69, 9.17) is 11.6 Å². The van der Waals surface area contributed by atoms with Crippen LogP contribution in [0, 0.1) is 0 Å². The minimum Gasteiger partial charge on any atom is -0.598 e. The van der Waals surface area contributed by atoms with Gasteiger partial charge in [0.15, 0.2) is 5.16 Å². The predicted octanol–water partition coefficient (Wildman–Crippen LogP) is 2.96. The summed E-state index contributed by atoms with van der Waals surface area (Å²) in [6.45, 7) is 7.64. The summed E-state index contributed by atoms with van der Waals surface area (Å²) in [5.41, 5.74) is 0.757. The van der Waals surface area contributed by atoms with Crippen LogP contribution in [0.2, 0.25) is 5.15 Å². The molecule has 2 atom stereocenters. The van der Waals surface area contributed by atoms with Gasteiger partial charge in [0.1, 0.15) is 9.90 Å². The molecule has 0 saturated heterocycles. The molecule has 7 heteroatoms. The van der Waals surface area contributed by atoms with Gasteiger partial charge in [-0.05, 0) is 34.0 Å². The lowest BCUT2D eigenvalue weighted by Crippen LogP contribution is -2.40. The maximum atomic E-state index is 12.0. The maximum Gasteiger partial charge on any atom is 0.188 e. The fourth-order valence-corrected chi connectivity index (χ4v) is 2.63. The van der Waals surface area contributed by atoms with E-state index in [-0.39, 0.29) is 10.8 Å². The van der Waals surface area contributed by atoms with Crippen molar-refractivity contribution >= 4 is 34.7 Å². The Bertz CT molecular complexity index is 412. The number of aromatic nitrogens is 2. The third-order valence-electron chi connectivity index (χ3n) is 2.24. The monoisotopic (exact) mass is 307 g/mol. The molecule has 0 bridgehead atoms. The Kier molecular flexibility index (Phi) is 5.73. The first kappa shape index (κ1) is 16.0. The molecule has 1 aromatic rings. The highest BCUT2D eigenvalue weighted by atomic mass is 35.5. The molecule has 1 aromatic heterocycles. The zero-order valence-corrected chi connectivity index (χ0v) is 13.5. The van der Waals surface area contributed by atoms with Gasteiger partial charge in [-0.15, -0.1) is 4.72 Å². The van der Waals surface area contributed by atoms with Crippen LogP contribution < -0.4 is 4.72 Å². The van der Waals surface area contributed by atoms with Crippen molar-refractivity contribution in [1.82, 2.24) is 14.7 Å². The SMILES string of the molecule is CSc1ncc([C@H](C)N[S+]([O-])C(C)(C)C)c(Cl)n1. The molecule has 18 heavy (non-hydrogen) atoms. The van der Waals surface area contributed by atoms with Gasteiger partial charge in [0.05, 0.1) is 6.04 Å². The molecule has 1 unspecified atom stereocenters. The summed E-state index contributed by atoms with van der Waals surface area (Å²) < 4.78 is 14.7. The minimum atomic E-state index is -1.15. The van der Waals surface area contributed by atoms with E-state index in [0.717, 1.165) is 5.56 Å². The number of thioether (sulfide) groups is 1. The summed E-state index contributed by atoms with van der Waals surface area (Å²) in [6.07, 6.45) is 3.57. The zero-order valence-electron chi connectivity index (χ0n) is 11.2. The molecule has 0 amide bonds. The first-order valence-corrected chi connectivity index (χ1v) is 8.25. The van der Waals surface area contributed by atoms with Crippen molar-refractivity contribution in [3.8, 4) is 0 Å². The first-order chi connectivity index (χ1) is 8.25. The van der Waals surface area contributed by atoms with E-state index in [1.165, 1.54) is 11.8 Å². The van der Waals surface area contributed by atoms with Gasteiger partial charge in [-0.1, -0.05) is 23.4 Å². The van der Waals surface area contributed by atoms with Crippen LogP contribution in [-0.4, -0.2) is 25.5 Å². The molecule has 0 spiro atoms. The largest absolute Gasteiger partial charge is 0.598 e. The molecule has 0 aliphatic carbocycles. The molecule has 1 N–H and O–H groups in total. The Morgan fingerprint density at radius 2 is 2.11 bits per heavy atom. The van der Waals surface area contributed by atoms with Crippen LogP contribution in [0.4, 0.5) is 0 Å². The Hall–Kier alpha value is -0.0100. The number of hydrogen-bond acceptors (Lipinski definition) is 5. The second-order valence-electron chi connectivity index (χ2n) is 4.82. The highest BCUT2D eigenvalue weighted by molar-refractivity contribution is 7.98. The van der Waals surface area contributed by atoms with Gasteiger partial charge in [0, 0.05) is 23.1 Å². The van der Waals surface area contributed by atoms with Crippen molar-refractivity contribution in [2.75, 3.05) is 6.26 Å². The molecular weight excluding hydrogens is 290 g/mol. The second kappa shape index (κ2) is 6.43. The lowest BCUT2D eigenvalue weighted by atomic mass is 10.2. The summed E-state index contributed by atoms with van der Waals surface area (Å²) in [7, 11) is 0. The average molecular weight is 308 g/mol. The summed E-state index contributed by atoms with van der Waals surface area (Å²) in [6, 6.07) is -0.159. The van der Waals surface area contributed by atoms with Gasteiger partial charge in [-0.3, -0.25) is 0 Å². The Balaban J connectivity index is 2.81. The zero-order chi connectivity index (χ0) is 13.9. The van der Waals surface area contributed by atoms with Crippen LogP contribution in [0.15, 0.2) is 11.4 Å². The van der Waals surface area contributed by atoms with Crippen LogP contribution >= 0.6 is 23.4 Å². The smallest absolute Gasteiger partial charge is 0.188 e. The number of rotatable bonds is 4. The molecule has 0 fully saturated rings.